The molecule has 122 valence electrons. The maximum absolute atomic E-state index is 12.1. The molecule has 0 saturated heterocycles. The van der Waals surface area contributed by atoms with Crippen LogP contribution in [-0.4, -0.2) is 29.6 Å². The molecule has 1 amide bonds. The predicted molar refractivity (Wildman–Crippen MR) is 87.7 cm³/mol. The van der Waals surface area contributed by atoms with E-state index in [9.17, 15) is 4.79 Å². The number of nitrogens with one attached hydrogen (secondary N) is 1. The van der Waals surface area contributed by atoms with E-state index in [-0.39, 0.29) is 18.1 Å². The number of aromatic nitrogens is 1. The first-order valence-corrected chi connectivity index (χ1v) is 8.50. The molecule has 2 rings (SSSR count). The molecule has 0 radical (unpaired) electrons. The molecule has 0 bridgehead atoms. The molecular formula is C18H28N2O2. The molecule has 1 N–H and O–H groups in total. The van der Waals surface area contributed by atoms with Crippen molar-refractivity contribution in [3.63, 3.8) is 0 Å². The summed E-state index contributed by atoms with van der Waals surface area (Å²) in [5.41, 5.74) is 2.15. The van der Waals surface area contributed by atoms with Crippen molar-refractivity contribution in [3.05, 3.63) is 29.6 Å². The van der Waals surface area contributed by atoms with Crippen LogP contribution in [0.5, 0.6) is 0 Å². The highest BCUT2D eigenvalue weighted by molar-refractivity contribution is 5.80. The van der Waals surface area contributed by atoms with Crippen molar-refractivity contribution in [2.45, 2.75) is 71.0 Å². The molecule has 1 atom stereocenters. The molecule has 0 aromatic carbocycles. The average Bonchev–Trinajstić information content (AvgIpc) is 2.77. The summed E-state index contributed by atoms with van der Waals surface area (Å²) in [5, 5.41) is 2.96. The summed E-state index contributed by atoms with van der Waals surface area (Å²) in [6.45, 7) is 4.45. The van der Waals surface area contributed by atoms with Gasteiger partial charge in [-0.25, -0.2) is 0 Å². The maximum atomic E-state index is 12.1. The minimum atomic E-state index is -0.362. The Balaban J connectivity index is 1.68. The van der Waals surface area contributed by atoms with E-state index in [1.807, 2.05) is 26.1 Å². The summed E-state index contributed by atoms with van der Waals surface area (Å²) in [6, 6.07) is 4.05. The van der Waals surface area contributed by atoms with E-state index in [4.69, 9.17) is 4.74 Å². The molecule has 4 heteroatoms. The number of carbonyl (C=O) groups is 1. The van der Waals surface area contributed by atoms with Crippen molar-refractivity contribution in [3.8, 4) is 0 Å². The van der Waals surface area contributed by atoms with Gasteiger partial charge in [-0.2, -0.15) is 0 Å². The van der Waals surface area contributed by atoms with Crippen molar-refractivity contribution in [1.29, 1.82) is 0 Å². The first-order chi connectivity index (χ1) is 10.6. The monoisotopic (exact) mass is 304 g/mol. The molecule has 22 heavy (non-hydrogen) atoms. The van der Waals surface area contributed by atoms with Crippen LogP contribution in [0.2, 0.25) is 0 Å². The Labute approximate surface area is 133 Å². The van der Waals surface area contributed by atoms with Gasteiger partial charge < -0.3 is 10.1 Å². The van der Waals surface area contributed by atoms with Crippen LogP contribution in [0.25, 0.3) is 0 Å². The summed E-state index contributed by atoms with van der Waals surface area (Å²) >= 11 is 0. The van der Waals surface area contributed by atoms with Crippen LogP contribution in [0.4, 0.5) is 0 Å². The van der Waals surface area contributed by atoms with E-state index in [0.717, 1.165) is 30.5 Å². The Morgan fingerprint density at radius 2 is 2.05 bits per heavy atom. The van der Waals surface area contributed by atoms with Gasteiger partial charge in [0.25, 0.3) is 0 Å². The minimum absolute atomic E-state index is 0.00989. The number of aryl methyl sites for hydroxylation is 1. The fourth-order valence-electron chi connectivity index (χ4n) is 2.85. The normalized spacial score (nSPS) is 17.7. The third-order valence-corrected chi connectivity index (χ3v) is 4.25. The Morgan fingerprint density at radius 1 is 1.32 bits per heavy atom. The zero-order valence-electron chi connectivity index (χ0n) is 13.8. The highest BCUT2D eigenvalue weighted by Crippen LogP contribution is 2.20. The van der Waals surface area contributed by atoms with Gasteiger partial charge in [-0.05, 0) is 44.7 Å². The predicted octanol–water partition coefficient (Wildman–Crippen LogP) is 3.18. The minimum Gasteiger partial charge on any atom is -0.365 e. The largest absolute Gasteiger partial charge is 0.365 e. The lowest BCUT2D eigenvalue weighted by Crippen LogP contribution is -2.37. The fourth-order valence-corrected chi connectivity index (χ4v) is 2.85. The summed E-state index contributed by atoms with van der Waals surface area (Å²) in [4.78, 5) is 16.4. The van der Waals surface area contributed by atoms with Crippen molar-refractivity contribution < 1.29 is 9.53 Å². The first-order valence-electron chi connectivity index (χ1n) is 8.50. The number of pyridine rings is 1. The van der Waals surface area contributed by atoms with Gasteiger partial charge >= 0.3 is 0 Å². The van der Waals surface area contributed by atoms with E-state index in [2.05, 4.69) is 16.4 Å². The summed E-state index contributed by atoms with van der Waals surface area (Å²) in [6.07, 6.45) is 9.78. The molecule has 0 spiro atoms. The van der Waals surface area contributed by atoms with Gasteiger partial charge in [-0.3, -0.25) is 9.78 Å². The number of rotatable bonds is 6. The van der Waals surface area contributed by atoms with Crippen LogP contribution in [-0.2, 0) is 16.0 Å². The van der Waals surface area contributed by atoms with E-state index < -0.39 is 0 Å². The highest BCUT2D eigenvalue weighted by atomic mass is 16.5. The Bertz CT molecular complexity index is 451. The van der Waals surface area contributed by atoms with Crippen LogP contribution in [0.15, 0.2) is 18.3 Å². The maximum Gasteiger partial charge on any atom is 0.248 e. The molecule has 1 aromatic heterocycles. The lowest BCUT2D eigenvalue weighted by Gasteiger charge is -2.20. The van der Waals surface area contributed by atoms with Gasteiger partial charge in [0, 0.05) is 18.4 Å². The summed E-state index contributed by atoms with van der Waals surface area (Å²) < 4.78 is 5.93. The van der Waals surface area contributed by atoms with Crippen molar-refractivity contribution in [2.24, 2.45) is 0 Å². The van der Waals surface area contributed by atoms with Crippen molar-refractivity contribution >= 4 is 5.91 Å². The number of amides is 1. The lowest BCUT2D eigenvalue weighted by molar-refractivity contribution is -0.135. The molecular weight excluding hydrogens is 276 g/mol. The van der Waals surface area contributed by atoms with Gasteiger partial charge in [-0.15, -0.1) is 0 Å². The molecule has 1 saturated carbocycles. The van der Waals surface area contributed by atoms with Gasteiger partial charge in [0.15, 0.2) is 0 Å². The zero-order valence-corrected chi connectivity index (χ0v) is 13.8. The van der Waals surface area contributed by atoms with Gasteiger partial charge in [0.1, 0.15) is 6.10 Å². The van der Waals surface area contributed by atoms with Crippen molar-refractivity contribution in [2.75, 3.05) is 6.54 Å². The van der Waals surface area contributed by atoms with Gasteiger partial charge in [0.05, 0.1) is 6.10 Å². The number of ether oxygens (including phenoxy) is 1. The quantitative estimate of drug-likeness (QED) is 0.821. The number of hydrogen-bond donors (Lipinski definition) is 1. The van der Waals surface area contributed by atoms with E-state index in [1.165, 1.54) is 25.7 Å². The molecule has 1 heterocycles. The molecule has 1 fully saturated rings. The van der Waals surface area contributed by atoms with Crippen LogP contribution in [0, 0.1) is 6.92 Å². The standard InChI is InChI=1S/C18H28N2O2/c1-14-9-10-16(13-20-14)11-12-19-18(21)15(2)22-17-7-5-3-4-6-8-17/h9-10,13,15,17H,3-8,11-12H2,1-2H3,(H,19,21). The Morgan fingerprint density at radius 3 is 2.68 bits per heavy atom. The van der Waals surface area contributed by atoms with E-state index in [1.54, 1.807) is 0 Å². The van der Waals surface area contributed by atoms with Crippen LogP contribution in [0.3, 0.4) is 0 Å². The van der Waals surface area contributed by atoms with Gasteiger partial charge in [0.2, 0.25) is 5.91 Å². The number of carbonyl (C=O) groups excluding carboxylic acids is 1. The molecule has 1 unspecified atom stereocenters. The van der Waals surface area contributed by atoms with Crippen molar-refractivity contribution in [1.82, 2.24) is 10.3 Å². The van der Waals surface area contributed by atoms with Crippen LogP contribution >= 0.6 is 0 Å². The molecule has 0 aliphatic heterocycles. The second kappa shape index (κ2) is 8.89. The highest BCUT2D eigenvalue weighted by Gasteiger charge is 2.20. The van der Waals surface area contributed by atoms with E-state index in [0.29, 0.717) is 6.54 Å². The molecule has 1 aliphatic rings. The van der Waals surface area contributed by atoms with E-state index >= 15 is 0 Å². The van der Waals surface area contributed by atoms with Gasteiger partial charge in [-0.1, -0.05) is 31.7 Å². The van der Waals surface area contributed by atoms with Crippen LogP contribution < -0.4 is 5.32 Å². The lowest BCUT2D eigenvalue weighted by atomic mass is 10.1. The fraction of sp³-hybridized carbons (Fsp3) is 0.667. The smallest absolute Gasteiger partial charge is 0.248 e. The molecule has 1 aliphatic carbocycles. The average molecular weight is 304 g/mol. The van der Waals surface area contributed by atoms with Crippen LogP contribution in [0.1, 0.15) is 56.7 Å². The second-order valence-electron chi connectivity index (χ2n) is 6.24. The third kappa shape index (κ3) is 5.76. The summed E-state index contributed by atoms with van der Waals surface area (Å²) in [5.74, 6) is -0.00989. The Hall–Kier alpha value is -1.42. The topological polar surface area (TPSA) is 51.2 Å². The molecule has 1 aromatic rings. The summed E-state index contributed by atoms with van der Waals surface area (Å²) in [7, 11) is 0. The Kier molecular flexibility index (Phi) is 6.84. The number of nitrogens with zero attached hydrogens (tertiary/aromatic N) is 1. The second-order valence-corrected chi connectivity index (χ2v) is 6.24. The zero-order chi connectivity index (χ0) is 15.8. The SMILES string of the molecule is Cc1ccc(CCNC(=O)C(C)OC2CCCCCC2)cn1. The first kappa shape index (κ1) is 16.9. The molecule has 4 nitrogen and oxygen atoms in total. The third-order valence-electron chi connectivity index (χ3n) is 4.25. The number of hydrogen-bond acceptors (Lipinski definition) is 3.